The largest absolute Gasteiger partial charge is 0.0991 e. The molecule has 0 heteroatoms. The van der Waals surface area contributed by atoms with E-state index in [1.54, 1.807) is 0 Å². The second-order valence-electron chi connectivity index (χ2n) is 3.29. The summed E-state index contributed by atoms with van der Waals surface area (Å²) in [5, 5.41) is 0. The lowest BCUT2D eigenvalue weighted by Gasteiger charge is -2.04. The molecule has 0 radical (unpaired) electrons. The standard InChI is InChI=1S/C13H16/c1-3-4-8-12(2)11-13-9-6-5-7-10-13/h3-10,12H,1,11H2,2H3/b8-4+. The van der Waals surface area contributed by atoms with Gasteiger partial charge < -0.3 is 0 Å². The van der Waals surface area contributed by atoms with Crippen LogP contribution in [0.25, 0.3) is 0 Å². The first-order chi connectivity index (χ1) is 6.33. The minimum Gasteiger partial charge on any atom is -0.0991 e. The summed E-state index contributed by atoms with van der Waals surface area (Å²) in [5.74, 6) is 0.584. The van der Waals surface area contributed by atoms with Crippen LogP contribution in [0, 0.1) is 5.92 Å². The van der Waals surface area contributed by atoms with Gasteiger partial charge in [0, 0.05) is 0 Å². The predicted molar refractivity (Wildman–Crippen MR) is 58.6 cm³/mol. The summed E-state index contributed by atoms with van der Waals surface area (Å²) < 4.78 is 0. The fourth-order valence-electron chi connectivity index (χ4n) is 1.32. The Morgan fingerprint density at radius 3 is 2.62 bits per heavy atom. The van der Waals surface area contributed by atoms with E-state index < -0.39 is 0 Å². The smallest absolute Gasteiger partial charge is 0.0218 e. The molecule has 13 heavy (non-hydrogen) atoms. The van der Waals surface area contributed by atoms with E-state index in [0.717, 1.165) is 6.42 Å². The highest BCUT2D eigenvalue weighted by molar-refractivity contribution is 5.16. The van der Waals surface area contributed by atoms with E-state index >= 15 is 0 Å². The van der Waals surface area contributed by atoms with Crippen molar-refractivity contribution in [3.05, 3.63) is 60.7 Å². The fraction of sp³-hybridized carbons (Fsp3) is 0.231. The third-order valence-electron chi connectivity index (χ3n) is 1.98. The molecule has 1 atom stereocenters. The van der Waals surface area contributed by atoms with Gasteiger partial charge in [-0.3, -0.25) is 0 Å². The van der Waals surface area contributed by atoms with Gasteiger partial charge in [-0.05, 0) is 17.9 Å². The molecular weight excluding hydrogens is 156 g/mol. The molecule has 0 spiro atoms. The van der Waals surface area contributed by atoms with Crippen molar-refractivity contribution >= 4 is 0 Å². The van der Waals surface area contributed by atoms with Crippen LogP contribution in [0.4, 0.5) is 0 Å². The Bertz CT molecular complexity index is 269. The molecule has 1 aromatic rings. The monoisotopic (exact) mass is 172 g/mol. The van der Waals surface area contributed by atoms with Crippen LogP contribution in [0.2, 0.25) is 0 Å². The lowest BCUT2D eigenvalue weighted by atomic mass is 10.0. The molecule has 1 unspecified atom stereocenters. The van der Waals surface area contributed by atoms with Crippen LogP contribution < -0.4 is 0 Å². The molecule has 0 heterocycles. The van der Waals surface area contributed by atoms with Crippen molar-refractivity contribution in [2.24, 2.45) is 5.92 Å². The maximum absolute atomic E-state index is 3.65. The topological polar surface area (TPSA) is 0 Å². The van der Waals surface area contributed by atoms with Gasteiger partial charge >= 0.3 is 0 Å². The molecule has 0 fully saturated rings. The van der Waals surface area contributed by atoms with Gasteiger partial charge in [0.05, 0.1) is 0 Å². The normalized spacial score (nSPS) is 13.0. The maximum atomic E-state index is 3.65. The second kappa shape index (κ2) is 5.36. The van der Waals surface area contributed by atoms with Gasteiger partial charge in [0.25, 0.3) is 0 Å². The number of hydrogen-bond acceptors (Lipinski definition) is 0. The number of hydrogen-bond donors (Lipinski definition) is 0. The molecule has 0 aromatic heterocycles. The molecule has 0 saturated carbocycles. The van der Waals surface area contributed by atoms with Crippen LogP contribution in [-0.4, -0.2) is 0 Å². The molecule has 68 valence electrons. The zero-order chi connectivity index (χ0) is 9.52. The Hall–Kier alpha value is -1.30. The molecule has 0 nitrogen and oxygen atoms in total. The van der Waals surface area contributed by atoms with Crippen molar-refractivity contribution in [3.8, 4) is 0 Å². The molecule has 1 aromatic carbocycles. The zero-order valence-electron chi connectivity index (χ0n) is 8.11. The van der Waals surface area contributed by atoms with Crippen LogP contribution in [0.3, 0.4) is 0 Å². The van der Waals surface area contributed by atoms with E-state index in [9.17, 15) is 0 Å². The Morgan fingerprint density at radius 1 is 1.31 bits per heavy atom. The molecule has 0 amide bonds. The van der Waals surface area contributed by atoms with Crippen LogP contribution in [0.5, 0.6) is 0 Å². The van der Waals surface area contributed by atoms with E-state index in [-0.39, 0.29) is 0 Å². The molecule has 0 aliphatic carbocycles. The van der Waals surface area contributed by atoms with Gasteiger partial charge in [-0.15, -0.1) is 0 Å². The Morgan fingerprint density at radius 2 is 2.00 bits per heavy atom. The van der Waals surface area contributed by atoms with E-state index in [1.807, 2.05) is 18.2 Å². The summed E-state index contributed by atoms with van der Waals surface area (Å²) in [4.78, 5) is 0. The summed E-state index contributed by atoms with van der Waals surface area (Å²) in [6.45, 7) is 5.87. The van der Waals surface area contributed by atoms with E-state index in [2.05, 4.69) is 43.8 Å². The zero-order valence-corrected chi connectivity index (χ0v) is 8.11. The highest BCUT2D eigenvalue weighted by Crippen LogP contribution is 2.08. The minimum absolute atomic E-state index is 0.584. The van der Waals surface area contributed by atoms with Gasteiger partial charge in [-0.2, -0.15) is 0 Å². The van der Waals surface area contributed by atoms with Gasteiger partial charge in [0.2, 0.25) is 0 Å². The van der Waals surface area contributed by atoms with Crippen molar-refractivity contribution in [1.29, 1.82) is 0 Å². The Balaban J connectivity index is 2.50. The summed E-state index contributed by atoms with van der Waals surface area (Å²) >= 11 is 0. The van der Waals surface area contributed by atoms with Crippen LogP contribution >= 0.6 is 0 Å². The van der Waals surface area contributed by atoms with E-state index in [0.29, 0.717) is 5.92 Å². The highest BCUT2D eigenvalue weighted by Gasteiger charge is 1.97. The maximum Gasteiger partial charge on any atom is -0.0218 e. The molecule has 0 N–H and O–H groups in total. The first kappa shape index (κ1) is 9.79. The molecular formula is C13H16. The summed E-state index contributed by atoms with van der Waals surface area (Å²) in [6, 6.07) is 10.5. The average Bonchev–Trinajstić information content (AvgIpc) is 2.16. The number of allylic oxidation sites excluding steroid dienone is 3. The first-order valence-corrected chi connectivity index (χ1v) is 4.66. The van der Waals surface area contributed by atoms with Crippen molar-refractivity contribution in [3.63, 3.8) is 0 Å². The van der Waals surface area contributed by atoms with E-state index in [4.69, 9.17) is 0 Å². The van der Waals surface area contributed by atoms with Gasteiger partial charge in [-0.25, -0.2) is 0 Å². The summed E-state index contributed by atoms with van der Waals surface area (Å²) in [6.07, 6.45) is 7.11. The molecule has 0 aliphatic heterocycles. The van der Waals surface area contributed by atoms with Crippen LogP contribution in [0.1, 0.15) is 12.5 Å². The quantitative estimate of drug-likeness (QED) is 0.609. The third kappa shape index (κ3) is 3.75. The second-order valence-corrected chi connectivity index (χ2v) is 3.29. The van der Waals surface area contributed by atoms with Crippen LogP contribution in [0.15, 0.2) is 55.1 Å². The van der Waals surface area contributed by atoms with Crippen molar-refractivity contribution in [2.75, 3.05) is 0 Å². The molecule has 0 saturated heterocycles. The highest BCUT2D eigenvalue weighted by atomic mass is 14.0. The lowest BCUT2D eigenvalue weighted by Crippen LogP contribution is -1.94. The lowest BCUT2D eigenvalue weighted by molar-refractivity contribution is 0.724. The van der Waals surface area contributed by atoms with Crippen molar-refractivity contribution in [2.45, 2.75) is 13.3 Å². The SMILES string of the molecule is C=C/C=C/C(C)Cc1ccccc1. The first-order valence-electron chi connectivity index (χ1n) is 4.66. The number of benzene rings is 1. The Labute approximate surface area is 80.6 Å². The number of rotatable bonds is 4. The summed E-state index contributed by atoms with van der Waals surface area (Å²) in [7, 11) is 0. The predicted octanol–water partition coefficient (Wildman–Crippen LogP) is 3.61. The van der Waals surface area contributed by atoms with Crippen LogP contribution in [-0.2, 0) is 6.42 Å². The van der Waals surface area contributed by atoms with Gasteiger partial charge in [-0.1, -0.05) is 62.1 Å². The van der Waals surface area contributed by atoms with Crippen molar-refractivity contribution in [1.82, 2.24) is 0 Å². The van der Waals surface area contributed by atoms with Gasteiger partial charge in [0.1, 0.15) is 0 Å². The average molecular weight is 172 g/mol. The third-order valence-corrected chi connectivity index (χ3v) is 1.98. The molecule has 1 rings (SSSR count). The summed E-state index contributed by atoms with van der Waals surface area (Å²) in [5.41, 5.74) is 1.39. The van der Waals surface area contributed by atoms with Crippen molar-refractivity contribution < 1.29 is 0 Å². The van der Waals surface area contributed by atoms with E-state index in [1.165, 1.54) is 5.56 Å². The molecule has 0 bridgehead atoms. The van der Waals surface area contributed by atoms with Gasteiger partial charge in [0.15, 0.2) is 0 Å². The molecule has 0 aliphatic rings. The minimum atomic E-state index is 0.584. The Kier molecular flexibility index (Phi) is 4.04. The fourth-order valence-corrected chi connectivity index (χ4v) is 1.32.